The summed E-state index contributed by atoms with van der Waals surface area (Å²) in [4.78, 5) is 12.6. The standard InChI is InChI=1S/C34H54NO3/c1-5-7-8-9-10-11-12-13-14-16-20-30-23-25-32(26-24-30)37-34(19-6-2)38-33(36)27-28-35(3,4)29-31-21-17-15-18-22-31/h15,17-18,21-26,34H,5-14,16,19-20,27-29H2,1-4H3/q+1. The van der Waals surface area contributed by atoms with E-state index in [4.69, 9.17) is 9.47 Å². The number of ether oxygens (including phenoxy) is 2. The third-order valence-electron chi connectivity index (χ3n) is 7.17. The fraction of sp³-hybridized carbons (Fsp3) is 0.618. The van der Waals surface area contributed by atoms with Crippen LogP contribution in [0.5, 0.6) is 5.75 Å². The van der Waals surface area contributed by atoms with Crippen molar-refractivity contribution >= 4 is 5.97 Å². The second kappa shape index (κ2) is 18.8. The van der Waals surface area contributed by atoms with Gasteiger partial charge in [0.25, 0.3) is 0 Å². The molecule has 1 atom stereocenters. The summed E-state index contributed by atoms with van der Waals surface area (Å²) < 4.78 is 12.5. The van der Waals surface area contributed by atoms with Crippen LogP contribution < -0.4 is 4.74 Å². The van der Waals surface area contributed by atoms with Crippen LogP contribution in [0, 0.1) is 0 Å². The first-order chi connectivity index (χ1) is 18.4. The average Bonchev–Trinajstić information content (AvgIpc) is 2.90. The fourth-order valence-corrected chi connectivity index (χ4v) is 4.84. The minimum atomic E-state index is -0.537. The molecule has 212 valence electrons. The summed E-state index contributed by atoms with van der Waals surface area (Å²) in [5, 5.41) is 0. The van der Waals surface area contributed by atoms with Crippen molar-refractivity contribution in [1.29, 1.82) is 0 Å². The maximum atomic E-state index is 12.6. The third-order valence-corrected chi connectivity index (χ3v) is 7.17. The largest absolute Gasteiger partial charge is 0.455 e. The lowest BCUT2D eigenvalue weighted by Gasteiger charge is -2.30. The predicted molar refractivity (Wildman–Crippen MR) is 159 cm³/mol. The number of esters is 1. The van der Waals surface area contributed by atoms with Gasteiger partial charge in [-0.1, -0.05) is 114 Å². The van der Waals surface area contributed by atoms with Crippen LogP contribution in [0.4, 0.5) is 0 Å². The molecular weight excluding hydrogens is 470 g/mol. The zero-order valence-corrected chi connectivity index (χ0v) is 24.8. The number of benzene rings is 2. The first-order valence-corrected chi connectivity index (χ1v) is 15.2. The van der Waals surface area contributed by atoms with Crippen molar-refractivity contribution in [3.8, 4) is 5.75 Å². The van der Waals surface area contributed by atoms with E-state index in [0.29, 0.717) is 12.8 Å². The van der Waals surface area contributed by atoms with E-state index in [1.165, 1.54) is 75.3 Å². The number of unbranched alkanes of at least 4 members (excludes halogenated alkanes) is 9. The Morgan fingerprint density at radius 1 is 0.737 bits per heavy atom. The maximum absolute atomic E-state index is 12.6. The summed E-state index contributed by atoms with van der Waals surface area (Å²) in [7, 11) is 4.30. The molecule has 2 aromatic carbocycles. The molecule has 1 unspecified atom stereocenters. The van der Waals surface area contributed by atoms with Crippen molar-refractivity contribution in [1.82, 2.24) is 0 Å². The van der Waals surface area contributed by atoms with Gasteiger partial charge in [0.15, 0.2) is 0 Å². The van der Waals surface area contributed by atoms with Gasteiger partial charge in [0, 0.05) is 12.0 Å². The Balaban J connectivity index is 1.67. The molecule has 4 nitrogen and oxygen atoms in total. The molecule has 2 aromatic rings. The molecule has 0 heterocycles. The molecule has 4 heteroatoms. The molecule has 2 rings (SSSR count). The van der Waals surface area contributed by atoms with E-state index in [0.717, 1.165) is 36.2 Å². The van der Waals surface area contributed by atoms with Crippen LogP contribution >= 0.6 is 0 Å². The second-order valence-electron chi connectivity index (χ2n) is 11.5. The van der Waals surface area contributed by atoms with E-state index in [9.17, 15) is 4.79 Å². The van der Waals surface area contributed by atoms with Crippen LogP contribution in [0.3, 0.4) is 0 Å². The SMILES string of the molecule is CCCCCCCCCCCCc1ccc(OC(CCC)OC(=O)CC[N+](C)(C)Cc2ccccc2)cc1. The molecule has 0 aromatic heterocycles. The normalized spacial score (nSPS) is 12.3. The van der Waals surface area contributed by atoms with Gasteiger partial charge in [-0.15, -0.1) is 0 Å². The third kappa shape index (κ3) is 14.6. The monoisotopic (exact) mass is 524 g/mol. The van der Waals surface area contributed by atoms with Gasteiger partial charge in [0.05, 0.1) is 27.1 Å². The lowest BCUT2D eigenvalue weighted by molar-refractivity contribution is -0.903. The highest BCUT2D eigenvalue weighted by molar-refractivity contribution is 5.69. The van der Waals surface area contributed by atoms with E-state index in [1.807, 2.05) is 18.2 Å². The van der Waals surface area contributed by atoms with E-state index >= 15 is 0 Å². The first kappa shape index (κ1) is 31.9. The lowest BCUT2D eigenvalue weighted by Crippen LogP contribution is -2.41. The lowest BCUT2D eigenvalue weighted by atomic mass is 10.0. The number of carbonyl (C=O) groups excluding carboxylic acids is 1. The molecule has 0 N–H and O–H groups in total. The number of hydrogen-bond acceptors (Lipinski definition) is 3. The minimum absolute atomic E-state index is 0.194. The molecule has 0 radical (unpaired) electrons. The summed E-state index contributed by atoms with van der Waals surface area (Å²) in [5.41, 5.74) is 2.62. The zero-order valence-electron chi connectivity index (χ0n) is 24.8. The maximum Gasteiger partial charge on any atom is 0.314 e. The van der Waals surface area contributed by atoms with Gasteiger partial charge in [0.2, 0.25) is 6.29 Å². The molecule has 0 spiro atoms. The number of carbonyl (C=O) groups is 1. The van der Waals surface area contributed by atoms with Gasteiger partial charge in [0.1, 0.15) is 12.3 Å². The Kier molecular flexibility index (Phi) is 15.8. The summed E-state index contributed by atoms with van der Waals surface area (Å²) in [6.45, 7) is 5.96. The van der Waals surface area contributed by atoms with Crippen molar-refractivity contribution in [2.45, 2.75) is 117 Å². The number of hydrogen-bond donors (Lipinski definition) is 0. The molecule has 0 saturated heterocycles. The fourth-order valence-electron chi connectivity index (χ4n) is 4.84. The van der Waals surface area contributed by atoms with Crippen molar-refractivity contribution in [2.24, 2.45) is 0 Å². The summed E-state index contributed by atoms with van der Waals surface area (Å²) in [6.07, 6.45) is 16.1. The van der Waals surface area contributed by atoms with Crippen LogP contribution in [-0.4, -0.2) is 37.4 Å². The molecule has 0 aliphatic heterocycles. The highest BCUT2D eigenvalue weighted by Gasteiger charge is 2.21. The van der Waals surface area contributed by atoms with Crippen molar-refractivity contribution in [3.63, 3.8) is 0 Å². The predicted octanol–water partition coefficient (Wildman–Crippen LogP) is 8.86. The minimum Gasteiger partial charge on any atom is -0.455 e. The number of aryl methyl sites for hydroxylation is 1. The van der Waals surface area contributed by atoms with Gasteiger partial charge < -0.3 is 14.0 Å². The Bertz CT molecular complexity index is 863. The van der Waals surface area contributed by atoms with E-state index in [-0.39, 0.29) is 5.97 Å². The van der Waals surface area contributed by atoms with Crippen LogP contribution in [0.2, 0.25) is 0 Å². The van der Waals surface area contributed by atoms with Crippen LogP contribution in [-0.2, 0) is 22.5 Å². The molecule has 0 amide bonds. The van der Waals surface area contributed by atoms with Crippen LogP contribution in [0.25, 0.3) is 0 Å². The quantitative estimate of drug-likeness (QED) is 0.0708. The Morgan fingerprint density at radius 3 is 1.95 bits per heavy atom. The van der Waals surface area contributed by atoms with Crippen molar-refractivity contribution < 1.29 is 18.8 Å². The molecule has 0 saturated carbocycles. The zero-order chi connectivity index (χ0) is 27.5. The Morgan fingerprint density at radius 2 is 1.34 bits per heavy atom. The van der Waals surface area contributed by atoms with Gasteiger partial charge in [-0.05, 0) is 37.0 Å². The smallest absolute Gasteiger partial charge is 0.314 e. The van der Waals surface area contributed by atoms with Gasteiger partial charge in [-0.25, -0.2) is 0 Å². The molecule has 0 aliphatic carbocycles. The van der Waals surface area contributed by atoms with E-state index < -0.39 is 6.29 Å². The van der Waals surface area contributed by atoms with Crippen LogP contribution in [0.15, 0.2) is 54.6 Å². The molecule has 0 aliphatic rings. The first-order valence-electron chi connectivity index (χ1n) is 15.2. The van der Waals surface area contributed by atoms with Gasteiger partial charge >= 0.3 is 5.97 Å². The van der Waals surface area contributed by atoms with Crippen molar-refractivity contribution in [2.75, 3.05) is 20.6 Å². The van der Waals surface area contributed by atoms with Gasteiger partial charge in [-0.3, -0.25) is 4.79 Å². The topological polar surface area (TPSA) is 35.5 Å². The highest BCUT2D eigenvalue weighted by Crippen LogP contribution is 2.19. The van der Waals surface area contributed by atoms with Crippen LogP contribution in [0.1, 0.15) is 108 Å². The molecular formula is C34H54NO3+. The molecule has 38 heavy (non-hydrogen) atoms. The number of quaternary nitrogens is 1. The molecule has 0 fully saturated rings. The number of nitrogens with zero attached hydrogens (tertiary/aromatic N) is 1. The Hall–Kier alpha value is -2.33. The Labute approximate surface area is 233 Å². The summed E-state index contributed by atoms with van der Waals surface area (Å²) >= 11 is 0. The average molecular weight is 525 g/mol. The summed E-state index contributed by atoms with van der Waals surface area (Å²) in [5.74, 6) is 0.573. The number of rotatable bonds is 21. The highest BCUT2D eigenvalue weighted by atomic mass is 16.7. The van der Waals surface area contributed by atoms with E-state index in [1.54, 1.807) is 0 Å². The van der Waals surface area contributed by atoms with Gasteiger partial charge in [-0.2, -0.15) is 0 Å². The molecule has 0 bridgehead atoms. The van der Waals surface area contributed by atoms with E-state index in [2.05, 4.69) is 64.3 Å². The second-order valence-corrected chi connectivity index (χ2v) is 11.5. The summed E-state index contributed by atoms with van der Waals surface area (Å²) in [6, 6.07) is 18.7. The van der Waals surface area contributed by atoms with Crippen molar-refractivity contribution in [3.05, 3.63) is 65.7 Å².